The lowest BCUT2D eigenvalue weighted by molar-refractivity contribution is -0.132. The number of ether oxygens (including phenoxy) is 1. The second-order valence-electron chi connectivity index (χ2n) is 4.14. The van der Waals surface area contributed by atoms with E-state index >= 15 is 0 Å². The fourth-order valence-corrected chi connectivity index (χ4v) is 1.54. The van der Waals surface area contributed by atoms with Gasteiger partial charge in [0.05, 0.1) is 13.1 Å². The number of alkyl halides is 2. The molecule has 0 aromatic heterocycles. The second kappa shape index (κ2) is 8.13. The van der Waals surface area contributed by atoms with E-state index in [1.165, 1.54) is 23.1 Å². The number of hydrogen-bond donors (Lipinski definition) is 1. The molecule has 0 aliphatic carbocycles. The normalized spacial score (nSPS) is 19.2. The van der Waals surface area contributed by atoms with Gasteiger partial charge in [-0.15, -0.1) is 0 Å². The van der Waals surface area contributed by atoms with Crippen LogP contribution >= 0.6 is 0 Å². The molecule has 1 aliphatic heterocycles. The van der Waals surface area contributed by atoms with Crippen LogP contribution in [0.5, 0.6) is 0 Å². The fourth-order valence-electron chi connectivity index (χ4n) is 1.54. The number of allylic oxidation sites excluding steroid dienone is 4. The maximum Gasteiger partial charge on any atom is 0.410 e. The van der Waals surface area contributed by atoms with Crippen molar-refractivity contribution in [2.45, 2.75) is 12.5 Å². The highest BCUT2D eigenvalue weighted by Crippen LogP contribution is 2.10. The number of nitrogens with one attached hydrogen (secondary N) is 1. The van der Waals surface area contributed by atoms with Crippen molar-refractivity contribution >= 4 is 12.0 Å². The van der Waals surface area contributed by atoms with E-state index in [-0.39, 0.29) is 19.6 Å². The van der Waals surface area contributed by atoms with Gasteiger partial charge in [-0.25, -0.2) is 9.18 Å². The standard InChI is InChI=1S/C13H15F3N2O3/c1-2-9(14)5-3-4-6-18-8-10(21-13(18)20)7-17-12(19)11(15)16/h2-5,10-11H,1,6-8H2,(H,17,19)/b4-3-,9-5+. The Morgan fingerprint density at radius 1 is 1.57 bits per heavy atom. The van der Waals surface area contributed by atoms with Crippen LogP contribution in [0, 0.1) is 0 Å². The van der Waals surface area contributed by atoms with E-state index in [4.69, 9.17) is 4.74 Å². The van der Waals surface area contributed by atoms with Crippen LogP contribution in [0.1, 0.15) is 0 Å². The van der Waals surface area contributed by atoms with Gasteiger partial charge in [-0.1, -0.05) is 18.7 Å². The molecule has 0 saturated carbocycles. The summed E-state index contributed by atoms with van der Waals surface area (Å²) >= 11 is 0. The van der Waals surface area contributed by atoms with Gasteiger partial charge in [-0.2, -0.15) is 8.78 Å². The molecular weight excluding hydrogens is 289 g/mol. The van der Waals surface area contributed by atoms with E-state index < -0.39 is 30.4 Å². The van der Waals surface area contributed by atoms with Crippen LogP contribution < -0.4 is 5.32 Å². The third-order valence-electron chi connectivity index (χ3n) is 2.56. The van der Waals surface area contributed by atoms with E-state index in [9.17, 15) is 22.8 Å². The number of carbonyl (C=O) groups is 2. The number of halogens is 3. The van der Waals surface area contributed by atoms with Crippen LogP contribution in [0.2, 0.25) is 0 Å². The van der Waals surface area contributed by atoms with Gasteiger partial charge in [0.2, 0.25) is 0 Å². The average Bonchev–Trinajstić information content (AvgIpc) is 2.80. The summed E-state index contributed by atoms with van der Waals surface area (Å²) in [6.07, 6.45) is 0.747. The predicted octanol–water partition coefficient (Wildman–Crippen LogP) is 1.78. The number of cyclic esters (lactones) is 1. The highest BCUT2D eigenvalue weighted by Gasteiger charge is 2.31. The Kier molecular flexibility index (Phi) is 6.51. The molecule has 1 saturated heterocycles. The van der Waals surface area contributed by atoms with Crippen molar-refractivity contribution in [2.75, 3.05) is 19.6 Å². The van der Waals surface area contributed by atoms with Gasteiger partial charge in [0.15, 0.2) is 0 Å². The zero-order valence-electron chi connectivity index (χ0n) is 11.1. The van der Waals surface area contributed by atoms with Gasteiger partial charge in [-0.05, 0) is 12.2 Å². The van der Waals surface area contributed by atoms with Crippen LogP contribution in [0.3, 0.4) is 0 Å². The Hall–Kier alpha value is -2.25. The first-order chi connectivity index (χ1) is 9.93. The van der Waals surface area contributed by atoms with Crippen molar-refractivity contribution < 1.29 is 27.5 Å². The summed E-state index contributed by atoms with van der Waals surface area (Å²) < 4.78 is 41.5. The minimum Gasteiger partial charge on any atom is -0.442 e. The second-order valence-corrected chi connectivity index (χ2v) is 4.14. The molecule has 1 unspecified atom stereocenters. The van der Waals surface area contributed by atoms with Crippen molar-refractivity contribution in [3.63, 3.8) is 0 Å². The average molecular weight is 304 g/mol. The maximum absolute atomic E-state index is 12.7. The van der Waals surface area contributed by atoms with E-state index in [1.54, 1.807) is 0 Å². The van der Waals surface area contributed by atoms with Crippen molar-refractivity contribution in [1.82, 2.24) is 10.2 Å². The summed E-state index contributed by atoms with van der Waals surface area (Å²) in [5.41, 5.74) is 0. The molecule has 1 atom stereocenters. The molecule has 8 heteroatoms. The van der Waals surface area contributed by atoms with Crippen molar-refractivity contribution in [3.05, 3.63) is 36.7 Å². The van der Waals surface area contributed by atoms with Gasteiger partial charge >= 0.3 is 12.5 Å². The molecule has 0 aromatic carbocycles. The Labute approximate surface area is 119 Å². The van der Waals surface area contributed by atoms with E-state index in [2.05, 4.69) is 6.58 Å². The molecule has 1 N–H and O–H groups in total. The monoisotopic (exact) mass is 304 g/mol. The Morgan fingerprint density at radius 2 is 2.29 bits per heavy atom. The molecule has 2 amide bonds. The summed E-state index contributed by atoms with van der Waals surface area (Å²) in [6.45, 7) is 3.39. The Balaban J connectivity index is 2.37. The minimum atomic E-state index is -3.10. The third-order valence-corrected chi connectivity index (χ3v) is 2.56. The molecule has 1 rings (SSSR count). The van der Waals surface area contributed by atoms with Crippen molar-refractivity contribution in [1.29, 1.82) is 0 Å². The molecule has 5 nitrogen and oxygen atoms in total. The Morgan fingerprint density at radius 3 is 2.90 bits per heavy atom. The largest absolute Gasteiger partial charge is 0.442 e. The SMILES string of the molecule is C=C/C(F)=C\C=C/CN1CC(CNC(=O)C(F)F)OC1=O. The number of rotatable bonds is 7. The zero-order valence-corrected chi connectivity index (χ0v) is 11.1. The first-order valence-corrected chi connectivity index (χ1v) is 6.10. The van der Waals surface area contributed by atoms with Gasteiger partial charge in [-0.3, -0.25) is 4.79 Å². The highest BCUT2D eigenvalue weighted by molar-refractivity contribution is 5.79. The molecule has 0 bridgehead atoms. The number of nitrogens with zero attached hydrogens (tertiary/aromatic N) is 1. The highest BCUT2D eigenvalue weighted by atomic mass is 19.3. The molecule has 1 heterocycles. The summed E-state index contributed by atoms with van der Waals surface area (Å²) in [6, 6.07) is 0. The van der Waals surface area contributed by atoms with Crippen LogP contribution in [0.15, 0.2) is 36.7 Å². The first kappa shape index (κ1) is 16.8. The number of hydrogen-bond acceptors (Lipinski definition) is 3. The fraction of sp³-hybridized carbons (Fsp3) is 0.385. The molecule has 1 aliphatic rings. The van der Waals surface area contributed by atoms with Gasteiger partial charge < -0.3 is 15.0 Å². The molecule has 116 valence electrons. The van der Waals surface area contributed by atoms with Crippen LogP contribution in [-0.2, 0) is 9.53 Å². The molecule has 0 aromatic rings. The van der Waals surface area contributed by atoms with Gasteiger partial charge in [0.1, 0.15) is 11.9 Å². The van der Waals surface area contributed by atoms with Crippen molar-refractivity contribution in [2.24, 2.45) is 0 Å². The summed E-state index contributed by atoms with van der Waals surface area (Å²) in [5, 5.41) is 1.97. The molecule has 0 radical (unpaired) electrons. The smallest absolute Gasteiger partial charge is 0.410 e. The lowest BCUT2D eigenvalue weighted by atomic mass is 10.3. The van der Waals surface area contributed by atoms with Crippen LogP contribution in [-0.4, -0.2) is 49.1 Å². The number of carbonyl (C=O) groups excluding carboxylic acids is 2. The number of amides is 2. The predicted molar refractivity (Wildman–Crippen MR) is 69.4 cm³/mol. The van der Waals surface area contributed by atoms with Gasteiger partial charge in [0, 0.05) is 6.54 Å². The van der Waals surface area contributed by atoms with Gasteiger partial charge in [0.25, 0.3) is 5.91 Å². The van der Waals surface area contributed by atoms with E-state index in [0.29, 0.717) is 0 Å². The van der Waals surface area contributed by atoms with Crippen LogP contribution in [0.4, 0.5) is 18.0 Å². The lowest BCUT2D eigenvalue weighted by Gasteiger charge is -2.10. The first-order valence-electron chi connectivity index (χ1n) is 6.10. The molecular formula is C13H15F3N2O3. The minimum absolute atomic E-state index is 0.153. The third kappa shape index (κ3) is 5.72. The summed E-state index contributed by atoms with van der Waals surface area (Å²) in [4.78, 5) is 23.4. The molecule has 1 fully saturated rings. The maximum atomic E-state index is 12.7. The quantitative estimate of drug-likeness (QED) is 0.729. The van der Waals surface area contributed by atoms with E-state index in [1.807, 2.05) is 5.32 Å². The van der Waals surface area contributed by atoms with Crippen molar-refractivity contribution in [3.8, 4) is 0 Å². The summed E-state index contributed by atoms with van der Waals surface area (Å²) in [7, 11) is 0. The van der Waals surface area contributed by atoms with Crippen LogP contribution in [0.25, 0.3) is 0 Å². The summed E-state index contributed by atoms with van der Waals surface area (Å²) in [5.74, 6) is -1.92. The Bertz CT molecular complexity index is 464. The van der Waals surface area contributed by atoms with E-state index in [0.717, 1.165) is 6.08 Å². The zero-order chi connectivity index (χ0) is 15.8. The molecule has 21 heavy (non-hydrogen) atoms. The molecule has 0 spiro atoms. The lowest BCUT2D eigenvalue weighted by Crippen LogP contribution is -2.37. The topological polar surface area (TPSA) is 58.6 Å².